The molecule has 0 radical (unpaired) electrons. The van der Waals surface area contributed by atoms with Crippen LogP contribution in [0, 0.1) is 5.92 Å². The van der Waals surface area contributed by atoms with Crippen molar-refractivity contribution in [3.8, 4) is 0 Å². The number of likely N-dealkylation sites (N-methyl/N-ethyl adjacent to an activating group) is 1. The number of fused-ring (bicyclic) bond motifs is 1. The lowest BCUT2D eigenvalue weighted by Gasteiger charge is -2.32. The molecule has 0 spiro atoms. The molecule has 0 aromatic heterocycles. The largest absolute Gasteiger partial charge is 0.371 e. The van der Waals surface area contributed by atoms with Crippen LogP contribution in [0.2, 0.25) is 0 Å². The smallest absolute Gasteiger partial charge is 0.0597 e. The topological polar surface area (TPSA) is 29.3 Å². The molecule has 0 aromatic carbocycles. The Kier molecular flexibility index (Phi) is 2.70. The maximum absolute atomic E-state index is 5.89. The molecule has 2 aliphatic rings. The fourth-order valence-electron chi connectivity index (χ4n) is 2.59. The van der Waals surface area contributed by atoms with Gasteiger partial charge in [-0.1, -0.05) is 24.3 Å². The maximum Gasteiger partial charge on any atom is 0.0597 e. The van der Waals surface area contributed by atoms with Crippen molar-refractivity contribution >= 4 is 0 Å². The van der Waals surface area contributed by atoms with Crippen LogP contribution in [0.4, 0.5) is 0 Å². The van der Waals surface area contributed by atoms with E-state index in [-0.39, 0.29) is 6.04 Å². The molecule has 3 atom stereocenters. The average molecular weight is 204 g/mol. The second-order valence-electron chi connectivity index (χ2n) is 4.75. The van der Waals surface area contributed by atoms with Gasteiger partial charge in [0.15, 0.2) is 0 Å². The lowest BCUT2D eigenvalue weighted by molar-refractivity contribution is 0.333. The van der Waals surface area contributed by atoms with E-state index in [1.54, 1.807) is 0 Å². The highest BCUT2D eigenvalue weighted by molar-refractivity contribution is 5.35. The molecule has 1 aliphatic carbocycles. The Morgan fingerprint density at radius 3 is 2.93 bits per heavy atom. The minimum Gasteiger partial charge on any atom is -0.371 e. The van der Waals surface area contributed by atoms with E-state index in [0.29, 0.717) is 12.0 Å². The van der Waals surface area contributed by atoms with Gasteiger partial charge in [-0.25, -0.2) is 0 Å². The molecule has 0 saturated heterocycles. The van der Waals surface area contributed by atoms with Crippen LogP contribution in [0.1, 0.15) is 20.3 Å². The van der Waals surface area contributed by atoms with Crippen molar-refractivity contribution in [1.82, 2.24) is 4.90 Å². The highest BCUT2D eigenvalue weighted by atomic mass is 15.2. The van der Waals surface area contributed by atoms with Crippen molar-refractivity contribution in [2.24, 2.45) is 11.7 Å². The third kappa shape index (κ3) is 1.86. The number of nitrogens with two attached hydrogens (primary N) is 1. The van der Waals surface area contributed by atoms with E-state index in [1.807, 2.05) is 0 Å². The highest BCUT2D eigenvalue weighted by Crippen LogP contribution is 2.35. The van der Waals surface area contributed by atoms with Crippen molar-refractivity contribution in [2.75, 3.05) is 7.05 Å². The Hall–Kier alpha value is -1.02. The normalized spacial score (nSPS) is 31.1. The number of hydrogen-bond acceptors (Lipinski definition) is 2. The molecule has 3 unspecified atom stereocenters. The van der Waals surface area contributed by atoms with Crippen molar-refractivity contribution in [1.29, 1.82) is 0 Å². The summed E-state index contributed by atoms with van der Waals surface area (Å²) in [4.78, 5) is 2.36. The zero-order valence-corrected chi connectivity index (χ0v) is 9.77. The van der Waals surface area contributed by atoms with Gasteiger partial charge < -0.3 is 10.6 Å². The Morgan fingerprint density at radius 1 is 1.53 bits per heavy atom. The average Bonchev–Trinajstić information content (AvgIpc) is 2.43. The summed E-state index contributed by atoms with van der Waals surface area (Å²) in [6.45, 7) is 4.25. The summed E-state index contributed by atoms with van der Waals surface area (Å²) in [6, 6.07) is 0.763. The van der Waals surface area contributed by atoms with E-state index in [4.69, 9.17) is 5.73 Å². The van der Waals surface area contributed by atoms with E-state index >= 15 is 0 Å². The van der Waals surface area contributed by atoms with Crippen molar-refractivity contribution in [2.45, 2.75) is 32.4 Å². The molecule has 1 heterocycles. The Bertz CT molecular complexity index is 336. The Morgan fingerprint density at radius 2 is 2.27 bits per heavy atom. The van der Waals surface area contributed by atoms with Gasteiger partial charge in [-0.15, -0.1) is 0 Å². The van der Waals surface area contributed by atoms with E-state index in [0.717, 1.165) is 6.42 Å². The quantitative estimate of drug-likeness (QED) is 0.746. The van der Waals surface area contributed by atoms with E-state index in [1.165, 1.54) is 11.3 Å². The molecule has 2 rings (SSSR count). The van der Waals surface area contributed by atoms with Crippen molar-refractivity contribution in [3.05, 3.63) is 35.6 Å². The van der Waals surface area contributed by atoms with Gasteiger partial charge >= 0.3 is 0 Å². The van der Waals surface area contributed by atoms with Gasteiger partial charge in [0, 0.05) is 24.7 Å². The van der Waals surface area contributed by atoms with Crippen LogP contribution in [0.15, 0.2) is 35.6 Å². The van der Waals surface area contributed by atoms with Crippen molar-refractivity contribution < 1.29 is 0 Å². The van der Waals surface area contributed by atoms with Gasteiger partial charge in [0.05, 0.1) is 6.04 Å². The second kappa shape index (κ2) is 3.86. The van der Waals surface area contributed by atoms with Gasteiger partial charge in [-0.05, 0) is 25.8 Å². The molecule has 2 N–H and O–H groups in total. The van der Waals surface area contributed by atoms with Gasteiger partial charge in [0.25, 0.3) is 0 Å². The second-order valence-corrected chi connectivity index (χ2v) is 4.75. The predicted octanol–water partition coefficient (Wildman–Crippen LogP) is 2.05. The van der Waals surface area contributed by atoms with E-state index in [2.05, 4.69) is 50.1 Å². The summed E-state index contributed by atoms with van der Waals surface area (Å²) in [5.41, 5.74) is 8.72. The SMILES string of the molecule is CC1=CC2C=CC=C(CC(C)N)C2N1C. The van der Waals surface area contributed by atoms with Crippen LogP contribution >= 0.6 is 0 Å². The first-order valence-electron chi connectivity index (χ1n) is 5.63. The van der Waals surface area contributed by atoms with Crippen LogP contribution in [0.25, 0.3) is 0 Å². The number of allylic oxidation sites excluding steroid dienone is 3. The van der Waals surface area contributed by atoms with Crippen LogP contribution in [0.5, 0.6) is 0 Å². The molecular weight excluding hydrogens is 184 g/mol. The predicted molar refractivity (Wildman–Crippen MR) is 64.3 cm³/mol. The van der Waals surface area contributed by atoms with Gasteiger partial charge in [-0.3, -0.25) is 0 Å². The molecule has 2 nitrogen and oxygen atoms in total. The highest BCUT2D eigenvalue weighted by Gasteiger charge is 2.32. The first-order chi connectivity index (χ1) is 7.09. The lowest BCUT2D eigenvalue weighted by Crippen LogP contribution is -2.34. The van der Waals surface area contributed by atoms with Crippen molar-refractivity contribution in [3.63, 3.8) is 0 Å². The number of rotatable bonds is 2. The van der Waals surface area contributed by atoms with E-state index in [9.17, 15) is 0 Å². The van der Waals surface area contributed by atoms with E-state index < -0.39 is 0 Å². The van der Waals surface area contributed by atoms with Crippen LogP contribution in [-0.4, -0.2) is 24.0 Å². The van der Waals surface area contributed by atoms with Crippen LogP contribution in [-0.2, 0) is 0 Å². The Balaban J connectivity index is 2.21. The molecule has 1 aliphatic heterocycles. The molecule has 0 fully saturated rings. The molecule has 0 amide bonds. The van der Waals surface area contributed by atoms with Crippen LogP contribution in [0.3, 0.4) is 0 Å². The monoisotopic (exact) mass is 204 g/mol. The first kappa shape index (κ1) is 10.5. The third-order valence-corrected chi connectivity index (χ3v) is 3.35. The van der Waals surface area contributed by atoms with Crippen LogP contribution < -0.4 is 5.73 Å². The molecule has 2 heteroatoms. The number of nitrogens with zero attached hydrogens (tertiary/aromatic N) is 1. The fraction of sp³-hybridized carbons (Fsp3) is 0.538. The van der Waals surface area contributed by atoms with Gasteiger partial charge in [0.1, 0.15) is 0 Å². The van der Waals surface area contributed by atoms with Gasteiger partial charge in [-0.2, -0.15) is 0 Å². The first-order valence-corrected chi connectivity index (χ1v) is 5.63. The molecule has 82 valence electrons. The zero-order valence-electron chi connectivity index (χ0n) is 9.77. The summed E-state index contributed by atoms with van der Waals surface area (Å²) in [6.07, 6.45) is 10.0. The molecule has 0 aromatic rings. The molecule has 15 heavy (non-hydrogen) atoms. The zero-order chi connectivity index (χ0) is 11.0. The molecule has 0 saturated carbocycles. The summed E-state index contributed by atoms with van der Waals surface area (Å²) < 4.78 is 0. The molecular formula is C13H20N2. The summed E-state index contributed by atoms with van der Waals surface area (Å²) in [5.74, 6) is 0.550. The number of hydrogen-bond donors (Lipinski definition) is 1. The maximum atomic E-state index is 5.89. The summed E-state index contributed by atoms with van der Waals surface area (Å²) in [5, 5.41) is 0. The molecule has 0 bridgehead atoms. The summed E-state index contributed by atoms with van der Waals surface area (Å²) >= 11 is 0. The standard InChI is InChI=1S/C13H20N2/c1-9(14)7-11-5-4-6-12-8-10(2)15(3)13(11)12/h4-6,8-9,12-13H,7,14H2,1-3H3. The lowest BCUT2D eigenvalue weighted by atomic mass is 9.87. The minimum atomic E-state index is 0.248. The third-order valence-electron chi connectivity index (χ3n) is 3.35. The fourth-order valence-corrected chi connectivity index (χ4v) is 2.59. The Labute approximate surface area is 92.1 Å². The minimum absolute atomic E-state index is 0.248. The van der Waals surface area contributed by atoms with Gasteiger partial charge in [0.2, 0.25) is 0 Å². The summed E-state index contributed by atoms with van der Waals surface area (Å²) in [7, 11) is 2.17.